The summed E-state index contributed by atoms with van der Waals surface area (Å²) in [6.07, 6.45) is 9.09. The summed E-state index contributed by atoms with van der Waals surface area (Å²) in [7, 11) is 0. The average molecular weight is 774 g/mol. The van der Waals surface area contributed by atoms with Gasteiger partial charge in [-0.15, -0.1) is 11.3 Å². The van der Waals surface area contributed by atoms with E-state index in [4.69, 9.17) is 0 Å². The zero-order chi connectivity index (χ0) is 39.0. The molecular formula is C55H39N3S. The van der Waals surface area contributed by atoms with Gasteiger partial charge in [0.2, 0.25) is 0 Å². The lowest BCUT2D eigenvalue weighted by molar-refractivity contribution is 0.690. The van der Waals surface area contributed by atoms with E-state index in [0.29, 0.717) is 6.04 Å². The third-order valence-corrected chi connectivity index (χ3v) is 13.7. The third kappa shape index (κ3) is 5.51. The van der Waals surface area contributed by atoms with Crippen LogP contribution in [-0.4, -0.2) is 22.1 Å². The zero-order valence-electron chi connectivity index (χ0n) is 32.6. The van der Waals surface area contributed by atoms with Crippen LogP contribution < -0.4 is 4.90 Å². The molecule has 0 radical (unpaired) electrons. The number of likely N-dealkylation sites (N-methyl/N-ethyl adjacent to an activating group) is 1. The maximum atomic E-state index is 4.61. The maximum absolute atomic E-state index is 4.61. The van der Waals surface area contributed by atoms with Gasteiger partial charge < -0.3 is 9.47 Å². The molecule has 10 aromatic rings. The summed E-state index contributed by atoms with van der Waals surface area (Å²) in [5, 5.41) is 5.18. The first-order chi connectivity index (χ1) is 29.2. The summed E-state index contributed by atoms with van der Waals surface area (Å²) in [5.41, 5.74) is 16.0. The molecule has 4 heteroatoms. The van der Waals surface area contributed by atoms with E-state index in [1.165, 1.54) is 92.3 Å². The summed E-state index contributed by atoms with van der Waals surface area (Å²) in [5.74, 6) is 0.273. The Hall–Kier alpha value is -7.01. The quantitative estimate of drug-likeness (QED) is 0.168. The summed E-state index contributed by atoms with van der Waals surface area (Å²) in [6.45, 7) is 3.24. The second-order valence-electron chi connectivity index (χ2n) is 15.8. The molecular weight excluding hydrogens is 735 g/mol. The fourth-order valence-corrected chi connectivity index (χ4v) is 10.9. The Morgan fingerprint density at radius 1 is 0.542 bits per heavy atom. The fraction of sp³-hybridized carbons (Fsp3) is 0.0727. The van der Waals surface area contributed by atoms with Gasteiger partial charge in [0, 0.05) is 66.5 Å². The molecule has 0 fully saturated rings. The molecule has 2 aliphatic rings. The van der Waals surface area contributed by atoms with Crippen LogP contribution in [0, 0.1) is 0 Å². The largest absolute Gasteiger partial charge is 0.364 e. The Morgan fingerprint density at radius 3 is 1.92 bits per heavy atom. The lowest BCUT2D eigenvalue weighted by atomic mass is 9.85. The van der Waals surface area contributed by atoms with E-state index in [1.54, 1.807) is 0 Å². The highest BCUT2D eigenvalue weighted by Gasteiger charge is 2.37. The Balaban J connectivity index is 0.912. The summed E-state index contributed by atoms with van der Waals surface area (Å²) < 4.78 is 5.03. The van der Waals surface area contributed by atoms with Crippen LogP contribution in [0.25, 0.3) is 86.7 Å². The Morgan fingerprint density at radius 2 is 1.19 bits per heavy atom. The van der Waals surface area contributed by atoms with Gasteiger partial charge in [0.15, 0.2) is 0 Å². The molecule has 2 atom stereocenters. The average Bonchev–Trinajstić information content (AvgIpc) is 3.95. The standard InChI is InChI=1S/C55H39N3S/c1-2-57-50-24-20-37(35-11-9-13-41(29-35)49-17-7-8-28-56-49)31-45(50)46-32-38(21-25-51(46)57)40-23-27-55-48(34-40)47-33-39(22-26-54(47)59-55)36-12-10-14-42(30-36)58-52-18-5-3-15-43(52)44-16-4-6-19-53(44)58/h3-34,45,50H,2H2,1H3. The van der Waals surface area contributed by atoms with Crippen molar-refractivity contribution < 1.29 is 0 Å². The second-order valence-corrected chi connectivity index (χ2v) is 16.9. The number of nitrogens with zero attached hydrogens (tertiary/aromatic N) is 3. The molecule has 3 aromatic heterocycles. The first-order valence-electron chi connectivity index (χ1n) is 20.6. The molecule has 0 N–H and O–H groups in total. The highest BCUT2D eigenvalue weighted by molar-refractivity contribution is 7.25. The predicted molar refractivity (Wildman–Crippen MR) is 251 cm³/mol. The minimum absolute atomic E-state index is 0.273. The highest BCUT2D eigenvalue weighted by atomic mass is 32.1. The number of para-hydroxylation sites is 2. The van der Waals surface area contributed by atoms with E-state index < -0.39 is 0 Å². The molecule has 0 spiro atoms. The smallest absolute Gasteiger partial charge is 0.0702 e. The van der Waals surface area contributed by atoms with Crippen molar-refractivity contribution in [3.05, 3.63) is 205 Å². The van der Waals surface area contributed by atoms with E-state index in [2.05, 4.69) is 203 Å². The van der Waals surface area contributed by atoms with Gasteiger partial charge in [-0.25, -0.2) is 0 Å². The normalized spacial score (nSPS) is 15.9. The Bertz CT molecular complexity index is 3290. The molecule has 0 saturated heterocycles. The summed E-state index contributed by atoms with van der Waals surface area (Å²) >= 11 is 1.88. The van der Waals surface area contributed by atoms with Crippen LogP contribution in [0.5, 0.6) is 0 Å². The minimum Gasteiger partial charge on any atom is -0.364 e. The summed E-state index contributed by atoms with van der Waals surface area (Å²) in [4.78, 5) is 7.17. The van der Waals surface area contributed by atoms with Crippen molar-refractivity contribution in [3.8, 4) is 39.2 Å². The van der Waals surface area contributed by atoms with Crippen molar-refractivity contribution in [2.45, 2.75) is 18.9 Å². The van der Waals surface area contributed by atoms with Crippen LogP contribution in [0.4, 0.5) is 5.69 Å². The van der Waals surface area contributed by atoms with Crippen molar-refractivity contribution in [3.63, 3.8) is 0 Å². The van der Waals surface area contributed by atoms with Crippen molar-refractivity contribution in [2.75, 3.05) is 11.4 Å². The van der Waals surface area contributed by atoms with Crippen molar-refractivity contribution >= 4 is 64.6 Å². The van der Waals surface area contributed by atoms with Gasteiger partial charge in [0.25, 0.3) is 0 Å². The number of hydrogen-bond donors (Lipinski definition) is 0. The zero-order valence-corrected chi connectivity index (χ0v) is 33.4. The first kappa shape index (κ1) is 34.1. The van der Waals surface area contributed by atoms with Crippen LogP contribution >= 0.6 is 11.3 Å². The van der Waals surface area contributed by atoms with E-state index in [0.717, 1.165) is 17.8 Å². The van der Waals surface area contributed by atoms with Gasteiger partial charge >= 0.3 is 0 Å². The van der Waals surface area contributed by atoms with Crippen molar-refractivity contribution in [2.24, 2.45) is 0 Å². The van der Waals surface area contributed by atoms with Gasteiger partial charge in [-0.1, -0.05) is 109 Å². The number of fused-ring (bicyclic) bond motifs is 9. The topological polar surface area (TPSA) is 21.1 Å². The monoisotopic (exact) mass is 773 g/mol. The molecule has 7 aromatic carbocycles. The fourth-order valence-electron chi connectivity index (χ4n) is 9.79. The molecule has 0 amide bonds. The molecule has 3 nitrogen and oxygen atoms in total. The molecule has 0 saturated carbocycles. The molecule has 59 heavy (non-hydrogen) atoms. The Kier molecular flexibility index (Phi) is 7.82. The van der Waals surface area contributed by atoms with Gasteiger partial charge in [0.1, 0.15) is 0 Å². The number of hydrogen-bond acceptors (Lipinski definition) is 3. The maximum Gasteiger partial charge on any atom is 0.0702 e. The van der Waals surface area contributed by atoms with Crippen molar-refractivity contribution in [1.82, 2.24) is 9.55 Å². The van der Waals surface area contributed by atoms with Gasteiger partial charge in [-0.05, 0) is 125 Å². The van der Waals surface area contributed by atoms with Crippen LogP contribution in [0.1, 0.15) is 24.0 Å². The number of thiophene rings is 1. The molecule has 1 aliphatic heterocycles. The molecule has 0 bridgehead atoms. The molecule has 2 unspecified atom stereocenters. The van der Waals surface area contributed by atoms with Gasteiger partial charge in [-0.3, -0.25) is 4.98 Å². The lowest BCUT2D eigenvalue weighted by Gasteiger charge is -2.28. The number of rotatable bonds is 6. The van der Waals surface area contributed by atoms with Crippen LogP contribution in [0.2, 0.25) is 0 Å². The van der Waals surface area contributed by atoms with Crippen LogP contribution in [0.3, 0.4) is 0 Å². The predicted octanol–water partition coefficient (Wildman–Crippen LogP) is 14.5. The minimum atomic E-state index is 0.273. The SMILES string of the molecule is CCN1c2ccc(-c3ccc4sc5ccc(-c6cccc(-n7c8ccccc8c8ccccc87)c6)cc5c4c3)cc2C2C=C(c3cccc(-c4ccccn4)c3)C=CC21. The van der Waals surface area contributed by atoms with Gasteiger partial charge in [0.05, 0.1) is 22.8 Å². The van der Waals surface area contributed by atoms with Crippen LogP contribution in [-0.2, 0) is 0 Å². The number of aromatic nitrogens is 2. The van der Waals surface area contributed by atoms with E-state index in [9.17, 15) is 0 Å². The number of anilines is 1. The Labute approximate surface area is 347 Å². The van der Waals surface area contributed by atoms with Crippen LogP contribution in [0.15, 0.2) is 194 Å². The number of allylic oxidation sites excluding steroid dienone is 2. The van der Waals surface area contributed by atoms with Crippen molar-refractivity contribution in [1.29, 1.82) is 0 Å². The molecule has 1 aliphatic carbocycles. The van der Waals surface area contributed by atoms with E-state index in [1.807, 2.05) is 23.6 Å². The lowest BCUT2D eigenvalue weighted by Crippen LogP contribution is -2.32. The van der Waals surface area contributed by atoms with E-state index >= 15 is 0 Å². The third-order valence-electron chi connectivity index (χ3n) is 12.6. The molecule has 12 rings (SSSR count). The molecule has 280 valence electrons. The number of benzene rings is 7. The highest BCUT2D eigenvalue weighted by Crippen LogP contribution is 2.48. The first-order valence-corrected chi connectivity index (χ1v) is 21.4. The summed E-state index contributed by atoms with van der Waals surface area (Å²) in [6, 6.07) is 62.9. The number of pyridine rings is 1. The van der Waals surface area contributed by atoms with Gasteiger partial charge in [-0.2, -0.15) is 0 Å². The second kappa shape index (κ2) is 13.5. The van der Waals surface area contributed by atoms with E-state index in [-0.39, 0.29) is 5.92 Å². The molecule has 4 heterocycles.